The van der Waals surface area contributed by atoms with Crippen LogP contribution in [0.25, 0.3) is 11.4 Å². The van der Waals surface area contributed by atoms with E-state index in [0.29, 0.717) is 17.3 Å². The maximum absolute atomic E-state index is 11.3. The van der Waals surface area contributed by atoms with E-state index in [9.17, 15) is 4.79 Å². The van der Waals surface area contributed by atoms with Gasteiger partial charge in [0.05, 0.1) is 0 Å². The van der Waals surface area contributed by atoms with Gasteiger partial charge < -0.3 is 9.47 Å². The van der Waals surface area contributed by atoms with Crippen LogP contribution in [0, 0.1) is 0 Å². The SMILES string of the molecule is NNC(=O)Cn1nnnc1-c1ccc2c(c1)OCO2. The van der Waals surface area contributed by atoms with Crippen molar-refractivity contribution < 1.29 is 14.3 Å². The summed E-state index contributed by atoms with van der Waals surface area (Å²) in [6.07, 6.45) is 0. The largest absolute Gasteiger partial charge is 0.454 e. The number of nitrogens with two attached hydrogens (primary N) is 1. The number of rotatable bonds is 3. The molecule has 3 N–H and O–H groups in total. The molecule has 1 aromatic heterocycles. The normalized spacial score (nSPS) is 12.5. The summed E-state index contributed by atoms with van der Waals surface area (Å²) >= 11 is 0. The Morgan fingerprint density at radius 3 is 3.11 bits per heavy atom. The summed E-state index contributed by atoms with van der Waals surface area (Å²) in [6, 6.07) is 5.31. The summed E-state index contributed by atoms with van der Waals surface area (Å²) in [7, 11) is 0. The van der Waals surface area contributed by atoms with Crippen LogP contribution in [0.4, 0.5) is 0 Å². The van der Waals surface area contributed by atoms with Crippen LogP contribution in [0.15, 0.2) is 18.2 Å². The van der Waals surface area contributed by atoms with Crippen molar-refractivity contribution in [2.45, 2.75) is 6.54 Å². The monoisotopic (exact) mass is 262 g/mol. The van der Waals surface area contributed by atoms with Gasteiger partial charge in [0, 0.05) is 5.56 Å². The lowest BCUT2D eigenvalue weighted by Crippen LogP contribution is -2.33. The van der Waals surface area contributed by atoms with Crippen molar-refractivity contribution in [3.05, 3.63) is 18.2 Å². The molecular formula is C10H10N6O3. The van der Waals surface area contributed by atoms with Crippen molar-refractivity contribution in [2.24, 2.45) is 5.84 Å². The van der Waals surface area contributed by atoms with Crippen molar-refractivity contribution in [1.29, 1.82) is 0 Å². The lowest BCUT2D eigenvalue weighted by Gasteiger charge is -2.04. The molecule has 1 aromatic carbocycles. The fourth-order valence-electron chi connectivity index (χ4n) is 1.74. The van der Waals surface area contributed by atoms with Gasteiger partial charge in [-0.15, -0.1) is 5.10 Å². The molecule has 0 fully saturated rings. The molecule has 0 aliphatic carbocycles. The number of carbonyl (C=O) groups is 1. The third-order valence-electron chi connectivity index (χ3n) is 2.62. The Morgan fingerprint density at radius 1 is 1.42 bits per heavy atom. The Hall–Kier alpha value is -2.68. The van der Waals surface area contributed by atoms with E-state index in [-0.39, 0.29) is 13.3 Å². The molecule has 1 aliphatic heterocycles. The van der Waals surface area contributed by atoms with E-state index in [1.54, 1.807) is 18.2 Å². The van der Waals surface area contributed by atoms with Crippen LogP contribution < -0.4 is 20.7 Å². The zero-order valence-corrected chi connectivity index (χ0v) is 9.74. The molecule has 1 aliphatic rings. The van der Waals surface area contributed by atoms with E-state index in [2.05, 4.69) is 15.5 Å². The molecule has 2 heterocycles. The number of benzene rings is 1. The quantitative estimate of drug-likeness (QED) is 0.416. The average molecular weight is 262 g/mol. The molecular weight excluding hydrogens is 252 g/mol. The molecule has 2 aromatic rings. The second kappa shape index (κ2) is 4.53. The number of aromatic nitrogens is 4. The number of hydrogen-bond acceptors (Lipinski definition) is 7. The topological polar surface area (TPSA) is 117 Å². The second-order valence-corrected chi connectivity index (χ2v) is 3.80. The van der Waals surface area contributed by atoms with Crippen molar-refractivity contribution in [3.63, 3.8) is 0 Å². The number of amides is 1. The molecule has 98 valence electrons. The molecule has 9 heteroatoms. The van der Waals surface area contributed by atoms with Crippen molar-refractivity contribution in [3.8, 4) is 22.9 Å². The molecule has 0 saturated carbocycles. The highest BCUT2D eigenvalue weighted by Gasteiger charge is 2.17. The summed E-state index contributed by atoms with van der Waals surface area (Å²) in [5.41, 5.74) is 2.74. The third-order valence-corrected chi connectivity index (χ3v) is 2.62. The fourth-order valence-corrected chi connectivity index (χ4v) is 1.74. The first-order chi connectivity index (χ1) is 9.28. The van der Waals surface area contributed by atoms with Crippen molar-refractivity contribution in [1.82, 2.24) is 25.6 Å². The maximum atomic E-state index is 11.3. The maximum Gasteiger partial charge on any atom is 0.255 e. The Labute approximate surface area is 107 Å². The summed E-state index contributed by atoms with van der Waals surface area (Å²) in [5.74, 6) is 6.37. The van der Waals surface area contributed by atoms with Crippen molar-refractivity contribution in [2.75, 3.05) is 6.79 Å². The Balaban J connectivity index is 1.94. The van der Waals surface area contributed by atoms with Gasteiger partial charge in [0.1, 0.15) is 6.54 Å². The molecule has 9 nitrogen and oxygen atoms in total. The van der Waals surface area contributed by atoms with Gasteiger partial charge in [0.15, 0.2) is 17.3 Å². The van der Waals surface area contributed by atoms with E-state index < -0.39 is 5.91 Å². The molecule has 19 heavy (non-hydrogen) atoms. The average Bonchev–Trinajstić information content (AvgIpc) is 3.05. The third kappa shape index (κ3) is 2.06. The highest BCUT2D eigenvalue weighted by molar-refractivity contribution is 5.75. The second-order valence-electron chi connectivity index (χ2n) is 3.80. The summed E-state index contributed by atoms with van der Waals surface area (Å²) in [4.78, 5) is 11.3. The van der Waals surface area contributed by atoms with E-state index in [1.807, 2.05) is 5.43 Å². The minimum Gasteiger partial charge on any atom is -0.454 e. The lowest BCUT2D eigenvalue weighted by atomic mass is 10.2. The molecule has 0 spiro atoms. The highest BCUT2D eigenvalue weighted by Crippen LogP contribution is 2.35. The number of nitrogens with zero attached hydrogens (tertiary/aromatic N) is 4. The molecule has 0 atom stereocenters. The van der Waals surface area contributed by atoms with Crippen LogP contribution >= 0.6 is 0 Å². The lowest BCUT2D eigenvalue weighted by molar-refractivity contribution is -0.121. The van der Waals surface area contributed by atoms with Gasteiger partial charge >= 0.3 is 0 Å². The predicted molar refractivity (Wildman–Crippen MR) is 61.7 cm³/mol. The van der Waals surface area contributed by atoms with E-state index >= 15 is 0 Å². The summed E-state index contributed by atoms with van der Waals surface area (Å²) < 4.78 is 11.8. The number of hydrogen-bond donors (Lipinski definition) is 2. The van der Waals surface area contributed by atoms with Gasteiger partial charge in [-0.1, -0.05) is 0 Å². The molecule has 0 unspecified atom stereocenters. The highest BCUT2D eigenvalue weighted by atomic mass is 16.7. The predicted octanol–water partition coefficient (Wildman–Crippen LogP) is -0.941. The minimum atomic E-state index is -0.394. The Bertz CT molecular complexity index is 625. The van der Waals surface area contributed by atoms with E-state index in [0.717, 1.165) is 5.56 Å². The summed E-state index contributed by atoms with van der Waals surface area (Å²) in [5, 5.41) is 11.2. The summed E-state index contributed by atoms with van der Waals surface area (Å²) in [6.45, 7) is 0.132. The van der Waals surface area contributed by atoms with Gasteiger partial charge in [-0.2, -0.15) is 0 Å². The number of hydrazine groups is 1. The van der Waals surface area contributed by atoms with Gasteiger partial charge in [-0.05, 0) is 28.6 Å². The smallest absolute Gasteiger partial charge is 0.255 e. The Morgan fingerprint density at radius 2 is 2.26 bits per heavy atom. The van der Waals surface area contributed by atoms with Gasteiger partial charge in [-0.25, -0.2) is 10.5 Å². The molecule has 3 rings (SSSR count). The standard InChI is InChI=1S/C10H10N6O3/c11-12-9(17)4-16-10(13-14-15-16)6-1-2-7-8(3-6)19-5-18-7/h1-3H,4-5,11H2,(H,12,17). The zero-order valence-electron chi connectivity index (χ0n) is 9.74. The van der Waals surface area contributed by atoms with Crippen LogP contribution in [0.2, 0.25) is 0 Å². The van der Waals surface area contributed by atoms with Gasteiger partial charge in [0.25, 0.3) is 5.91 Å². The molecule has 1 amide bonds. The number of fused-ring (bicyclic) bond motifs is 1. The number of ether oxygens (including phenoxy) is 2. The van der Waals surface area contributed by atoms with Gasteiger partial charge in [-0.3, -0.25) is 10.2 Å². The van der Waals surface area contributed by atoms with Crippen LogP contribution in [0.1, 0.15) is 0 Å². The number of tetrazole rings is 1. The molecule has 0 saturated heterocycles. The van der Waals surface area contributed by atoms with Crippen LogP contribution in [0.3, 0.4) is 0 Å². The first-order valence-electron chi connectivity index (χ1n) is 5.43. The van der Waals surface area contributed by atoms with Crippen molar-refractivity contribution >= 4 is 5.91 Å². The number of nitrogens with one attached hydrogen (secondary N) is 1. The minimum absolute atomic E-state index is 0.0622. The van der Waals surface area contributed by atoms with Crippen LogP contribution in [-0.2, 0) is 11.3 Å². The fraction of sp³-hybridized carbons (Fsp3) is 0.200. The Kier molecular flexibility index (Phi) is 2.72. The first kappa shape index (κ1) is 11.4. The number of carbonyl (C=O) groups excluding carboxylic acids is 1. The van der Waals surface area contributed by atoms with Crippen LogP contribution in [0.5, 0.6) is 11.5 Å². The van der Waals surface area contributed by atoms with Crippen LogP contribution in [-0.4, -0.2) is 32.9 Å². The zero-order chi connectivity index (χ0) is 13.2. The molecule has 0 radical (unpaired) electrons. The van der Waals surface area contributed by atoms with E-state index in [1.165, 1.54) is 4.68 Å². The molecule has 0 bridgehead atoms. The van der Waals surface area contributed by atoms with E-state index in [4.69, 9.17) is 15.3 Å². The first-order valence-corrected chi connectivity index (χ1v) is 5.43. The van der Waals surface area contributed by atoms with Gasteiger partial charge in [0.2, 0.25) is 6.79 Å².